The molecule has 2 nitrogen and oxygen atoms in total. The second-order valence-corrected chi connectivity index (χ2v) is 7.32. The van der Waals surface area contributed by atoms with Gasteiger partial charge in [-0.1, -0.05) is 60.7 Å². The molecule has 0 aliphatic heterocycles. The van der Waals surface area contributed by atoms with Crippen LogP contribution in [0.5, 0.6) is 0 Å². The molecule has 1 heterocycles. The third-order valence-electron chi connectivity index (χ3n) is 5.54. The Labute approximate surface area is 164 Å². The maximum absolute atomic E-state index is 4.31. The van der Waals surface area contributed by atoms with Gasteiger partial charge in [0.15, 0.2) is 6.20 Å². The van der Waals surface area contributed by atoms with E-state index in [2.05, 4.69) is 96.3 Å². The van der Waals surface area contributed by atoms with Crippen molar-refractivity contribution in [2.24, 2.45) is 7.05 Å². The standard InChI is InChI=1S/C26H21N2/c1-18-7-8-21(16-25(18)26-17-27-13-14-28(26)2)20-11-12-24-22(15-20)10-9-19-5-3-4-6-23(19)24/h3-17H,1-2H3/q+1. The van der Waals surface area contributed by atoms with Crippen molar-refractivity contribution in [1.29, 1.82) is 0 Å². The van der Waals surface area contributed by atoms with Gasteiger partial charge in [0.05, 0.1) is 18.0 Å². The van der Waals surface area contributed by atoms with Gasteiger partial charge in [-0.15, -0.1) is 0 Å². The van der Waals surface area contributed by atoms with Crippen molar-refractivity contribution in [3.05, 3.63) is 97.0 Å². The number of hydrogen-bond donors (Lipinski definition) is 0. The average molecular weight is 361 g/mol. The molecule has 4 aromatic carbocycles. The smallest absolute Gasteiger partial charge is 0.231 e. The van der Waals surface area contributed by atoms with E-state index in [1.807, 2.05) is 18.6 Å². The van der Waals surface area contributed by atoms with Gasteiger partial charge >= 0.3 is 0 Å². The first-order valence-corrected chi connectivity index (χ1v) is 9.53. The molecule has 134 valence electrons. The van der Waals surface area contributed by atoms with Gasteiger partial charge in [-0.3, -0.25) is 4.98 Å². The summed E-state index contributed by atoms with van der Waals surface area (Å²) < 4.78 is 2.12. The maximum atomic E-state index is 4.31. The molecule has 0 N–H and O–H groups in total. The van der Waals surface area contributed by atoms with Gasteiger partial charge in [0.25, 0.3) is 0 Å². The summed E-state index contributed by atoms with van der Waals surface area (Å²) in [6.45, 7) is 2.15. The number of fused-ring (bicyclic) bond motifs is 3. The molecule has 1 aromatic heterocycles. The molecule has 5 aromatic rings. The Balaban J connectivity index is 1.67. The van der Waals surface area contributed by atoms with Crippen LogP contribution in [0, 0.1) is 6.92 Å². The molecule has 0 amide bonds. The highest BCUT2D eigenvalue weighted by molar-refractivity contribution is 6.08. The lowest BCUT2D eigenvalue weighted by atomic mass is 9.95. The largest absolute Gasteiger partial charge is 0.252 e. The van der Waals surface area contributed by atoms with Gasteiger partial charge in [-0.25, -0.2) is 0 Å². The van der Waals surface area contributed by atoms with E-state index in [-0.39, 0.29) is 0 Å². The molecule has 0 saturated carbocycles. The van der Waals surface area contributed by atoms with Crippen molar-refractivity contribution in [1.82, 2.24) is 4.98 Å². The van der Waals surface area contributed by atoms with E-state index in [1.54, 1.807) is 0 Å². The summed E-state index contributed by atoms with van der Waals surface area (Å²) in [6.07, 6.45) is 5.73. The quantitative estimate of drug-likeness (QED) is 0.284. The molecule has 0 unspecified atom stereocenters. The summed E-state index contributed by atoms with van der Waals surface area (Å²) in [4.78, 5) is 4.31. The minimum absolute atomic E-state index is 1.12. The van der Waals surface area contributed by atoms with Crippen LogP contribution >= 0.6 is 0 Å². The molecule has 0 atom stereocenters. The van der Waals surface area contributed by atoms with Gasteiger partial charge in [0.2, 0.25) is 5.69 Å². The van der Waals surface area contributed by atoms with Crippen LogP contribution in [-0.4, -0.2) is 4.98 Å². The highest BCUT2D eigenvalue weighted by atomic mass is 14.9. The third-order valence-corrected chi connectivity index (χ3v) is 5.54. The van der Waals surface area contributed by atoms with Crippen LogP contribution in [0.15, 0.2) is 91.4 Å². The fourth-order valence-electron chi connectivity index (χ4n) is 3.95. The van der Waals surface area contributed by atoms with Crippen LogP contribution < -0.4 is 4.57 Å². The topological polar surface area (TPSA) is 16.8 Å². The number of hydrogen-bond acceptors (Lipinski definition) is 1. The second kappa shape index (κ2) is 6.58. The van der Waals surface area contributed by atoms with Crippen molar-refractivity contribution < 1.29 is 4.57 Å². The Morgan fingerprint density at radius 3 is 2.39 bits per heavy atom. The number of aryl methyl sites for hydroxylation is 2. The minimum Gasteiger partial charge on any atom is -0.252 e. The predicted octanol–water partition coefficient (Wildman–Crippen LogP) is 5.85. The van der Waals surface area contributed by atoms with E-state index in [0.29, 0.717) is 0 Å². The Kier molecular flexibility index (Phi) is 3.91. The van der Waals surface area contributed by atoms with Crippen LogP contribution in [0.25, 0.3) is 43.9 Å². The van der Waals surface area contributed by atoms with Crippen molar-refractivity contribution in [3.63, 3.8) is 0 Å². The van der Waals surface area contributed by atoms with Crippen molar-refractivity contribution in [2.75, 3.05) is 0 Å². The van der Waals surface area contributed by atoms with Crippen LogP contribution in [0.4, 0.5) is 0 Å². The minimum atomic E-state index is 1.12. The van der Waals surface area contributed by atoms with Crippen LogP contribution in [0.3, 0.4) is 0 Å². The normalized spacial score (nSPS) is 11.2. The molecule has 28 heavy (non-hydrogen) atoms. The van der Waals surface area contributed by atoms with Gasteiger partial charge in [-0.05, 0) is 57.3 Å². The zero-order valence-electron chi connectivity index (χ0n) is 16.1. The molecule has 0 fully saturated rings. The zero-order chi connectivity index (χ0) is 19.1. The summed E-state index contributed by atoms with van der Waals surface area (Å²) in [5.74, 6) is 0. The first-order valence-electron chi connectivity index (χ1n) is 9.53. The number of aromatic nitrogens is 2. The number of nitrogens with zero attached hydrogens (tertiary/aromatic N) is 2. The molecule has 0 saturated heterocycles. The van der Waals surface area contributed by atoms with E-state index in [4.69, 9.17) is 0 Å². The Morgan fingerprint density at radius 2 is 1.50 bits per heavy atom. The Morgan fingerprint density at radius 1 is 0.750 bits per heavy atom. The zero-order valence-corrected chi connectivity index (χ0v) is 16.1. The molecule has 5 rings (SSSR count). The summed E-state index contributed by atoms with van der Waals surface area (Å²) in [5, 5.41) is 5.15. The number of rotatable bonds is 2. The summed E-state index contributed by atoms with van der Waals surface area (Å²) in [7, 11) is 2.06. The molecule has 2 heteroatoms. The SMILES string of the molecule is Cc1ccc(-c2ccc3c(ccc4ccccc43)c2)cc1-c1cncc[n+]1C. The molecular formula is C26H21N2+. The van der Waals surface area contributed by atoms with Crippen molar-refractivity contribution in [3.8, 4) is 22.4 Å². The van der Waals surface area contributed by atoms with Crippen LogP contribution in [0.2, 0.25) is 0 Å². The molecule has 0 aliphatic carbocycles. The maximum Gasteiger partial charge on any atom is 0.231 e. The lowest BCUT2D eigenvalue weighted by molar-refractivity contribution is -0.660. The van der Waals surface area contributed by atoms with Crippen molar-refractivity contribution in [2.45, 2.75) is 6.92 Å². The van der Waals surface area contributed by atoms with Gasteiger partial charge < -0.3 is 0 Å². The first kappa shape index (κ1) is 16.6. The van der Waals surface area contributed by atoms with Crippen LogP contribution in [0.1, 0.15) is 5.56 Å². The molecule has 0 spiro atoms. The van der Waals surface area contributed by atoms with E-state index in [9.17, 15) is 0 Å². The fraction of sp³-hybridized carbons (Fsp3) is 0.0769. The summed E-state index contributed by atoms with van der Waals surface area (Å²) >= 11 is 0. The highest BCUT2D eigenvalue weighted by Gasteiger charge is 2.13. The average Bonchev–Trinajstić information content (AvgIpc) is 2.74. The van der Waals surface area contributed by atoms with Gasteiger partial charge in [0.1, 0.15) is 7.05 Å². The molecule has 0 aliphatic rings. The fourth-order valence-corrected chi connectivity index (χ4v) is 3.95. The lowest BCUT2D eigenvalue weighted by Gasteiger charge is -2.10. The predicted molar refractivity (Wildman–Crippen MR) is 116 cm³/mol. The monoisotopic (exact) mass is 361 g/mol. The highest BCUT2D eigenvalue weighted by Crippen LogP contribution is 2.32. The Hall–Kier alpha value is -3.52. The summed E-state index contributed by atoms with van der Waals surface area (Å²) in [6, 6.07) is 26.4. The first-order chi connectivity index (χ1) is 13.7. The van der Waals surface area contributed by atoms with E-state index in [0.717, 1.165) is 5.69 Å². The summed E-state index contributed by atoms with van der Waals surface area (Å²) in [5.41, 5.74) is 6.04. The molecule has 0 bridgehead atoms. The van der Waals surface area contributed by atoms with Crippen molar-refractivity contribution >= 4 is 21.5 Å². The van der Waals surface area contributed by atoms with E-state index >= 15 is 0 Å². The molecular weight excluding hydrogens is 340 g/mol. The Bertz CT molecular complexity index is 1340. The van der Waals surface area contributed by atoms with Crippen LogP contribution in [-0.2, 0) is 7.05 Å². The number of benzene rings is 4. The van der Waals surface area contributed by atoms with Gasteiger partial charge in [-0.2, -0.15) is 4.57 Å². The molecule has 0 radical (unpaired) electrons. The second-order valence-electron chi connectivity index (χ2n) is 7.32. The lowest BCUT2D eigenvalue weighted by Crippen LogP contribution is -2.30. The van der Waals surface area contributed by atoms with E-state index < -0.39 is 0 Å². The third kappa shape index (κ3) is 2.74. The van der Waals surface area contributed by atoms with E-state index in [1.165, 1.54) is 43.8 Å². The van der Waals surface area contributed by atoms with Gasteiger partial charge in [0, 0.05) is 0 Å².